The van der Waals surface area contributed by atoms with Gasteiger partial charge in [-0.2, -0.15) is 0 Å². The average molecular weight is 962 g/mol. The molecule has 2 saturated heterocycles. The van der Waals surface area contributed by atoms with E-state index < -0.39 is 77.8 Å². The van der Waals surface area contributed by atoms with Gasteiger partial charge in [0, 0.05) is 81.8 Å². The van der Waals surface area contributed by atoms with Gasteiger partial charge >= 0.3 is 5.97 Å². The number of methoxy groups -OCH3 is 2. The number of aryl methyl sites for hydroxylation is 1. The first-order valence-electron chi connectivity index (χ1n) is 25.7. The average Bonchev–Trinajstić information content (AvgIpc) is 3.70. The molecule has 3 aliphatic heterocycles. The topological polar surface area (TPSA) is 166 Å². The van der Waals surface area contributed by atoms with Gasteiger partial charge in [-0.05, 0) is 134 Å². The molecule has 2 aromatic rings. The first kappa shape index (κ1) is 54.4. The van der Waals surface area contributed by atoms with Crippen LogP contribution in [-0.2, 0) is 49.9 Å². The second-order valence-corrected chi connectivity index (χ2v) is 21.4. The Kier molecular flexibility index (Phi) is 18.6. The molecule has 4 heterocycles. The summed E-state index contributed by atoms with van der Waals surface area (Å²) in [6.07, 6.45) is 7.41. The predicted octanol–water partition coefficient (Wildman–Crippen LogP) is 7.89. The van der Waals surface area contributed by atoms with Gasteiger partial charge in [0.2, 0.25) is 5.79 Å². The van der Waals surface area contributed by atoms with Crippen LogP contribution in [0.3, 0.4) is 0 Å². The van der Waals surface area contributed by atoms with Crippen molar-refractivity contribution in [2.24, 2.45) is 36.6 Å². The van der Waals surface area contributed by atoms with Crippen LogP contribution in [0.2, 0.25) is 0 Å². The van der Waals surface area contributed by atoms with E-state index in [1.807, 2.05) is 33.9 Å². The number of carbonyl (C=O) groups excluding carboxylic acids is 4. The Morgan fingerprint density at radius 3 is 2.36 bits per heavy atom. The molecular formula is C55H83N3O11. The molecule has 14 heteroatoms. The predicted molar refractivity (Wildman–Crippen MR) is 266 cm³/mol. The molecule has 1 aromatic heterocycles. The summed E-state index contributed by atoms with van der Waals surface area (Å²) in [6.45, 7) is 15.6. The quantitative estimate of drug-likeness (QED) is 0.142. The number of anilines is 1. The maximum absolute atomic E-state index is 14.7. The number of carbonyl (C=O) groups is 4. The monoisotopic (exact) mass is 962 g/mol. The van der Waals surface area contributed by atoms with Gasteiger partial charge in [-0.3, -0.25) is 14.4 Å². The van der Waals surface area contributed by atoms with Gasteiger partial charge in [0.1, 0.15) is 24.0 Å². The summed E-state index contributed by atoms with van der Waals surface area (Å²) in [7, 11) is 7.27. The van der Waals surface area contributed by atoms with Crippen LogP contribution in [0.4, 0.5) is 5.69 Å². The largest absolute Gasteiger partial charge is 0.456 e. The van der Waals surface area contributed by atoms with Crippen molar-refractivity contribution in [3.63, 3.8) is 0 Å². The Hall–Kier alpha value is -3.92. The highest BCUT2D eigenvalue weighted by Crippen LogP contribution is 2.40. The molecule has 1 aromatic carbocycles. The number of aliphatic hydroxyl groups is 2. The number of nitrogens with zero attached hydrogens (tertiary/aromatic N) is 3. The fraction of sp³-hybridized carbons (Fsp3) is 0.709. The molecule has 6 rings (SSSR count). The molecule has 1 amide bonds. The number of benzene rings is 1. The SMILES string of the molecule is CCC1/C=C(\C)CC(C)CC(OC)C2OC(O)(C(=O)C(=O)N3CCCCC3C(=O)OC(C(C)=CC3CCC(N(C)c4ccc5c(ccn5C)c4)C(OC(C)C)C3)C(C)C(O)CC1=O)C(C)CC2OC. The van der Waals surface area contributed by atoms with Crippen LogP contribution in [0.5, 0.6) is 0 Å². The zero-order chi connectivity index (χ0) is 50.5. The number of amides is 1. The second-order valence-electron chi connectivity index (χ2n) is 21.4. The summed E-state index contributed by atoms with van der Waals surface area (Å²) >= 11 is 0. The number of likely N-dealkylation sites (N-methyl/N-ethyl adjacent to an activating group) is 1. The number of fused-ring (bicyclic) bond motifs is 4. The maximum atomic E-state index is 14.7. The third-order valence-electron chi connectivity index (χ3n) is 15.8. The Morgan fingerprint density at radius 2 is 1.68 bits per heavy atom. The van der Waals surface area contributed by atoms with Gasteiger partial charge < -0.3 is 48.3 Å². The summed E-state index contributed by atoms with van der Waals surface area (Å²) in [5.74, 6) is -7.40. The Morgan fingerprint density at radius 1 is 0.971 bits per heavy atom. The molecule has 3 fully saturated rings. The van der Waals surface area contributed by atoms with Crippen molar-refractivity contribution in [2.45, 2.75) is 187 Å². The Labute approximate surface area is 411 Å². The lowest BCUT2D eigenvalue weighted by Gasteiger charge is -2.47. The fourth-order valence-electron chi connectivity index (χ4n) is 11.8. The number of ether oxygens (including phenoxy) is 5. The van der Waals surface area contributed by atoms with E-state index in [-0.39, 0.29) is 61.7 Å². The number of hydrogen-bond acceptors (Lipinski definition) is 12. The minimum atomic E-state index is -2.51. The van der Waals surface area contributed by atoms with Crippen molar-refractivity contribution >= 4 is 40.0 Å². The van der Waals surface area contributed by atoms with Gasteiger partial charge in [0.25, 0.3) is 11.7 Å². The fourth-order valence-corrected chi connectivity index (χ4v) is 11.8. The van der Waals surface area contributed by atoms with E-state index in [4.69, 9.17) is 23.7 Å². The van der Waals surface area contributed by atoms with Crippen molar-refractivity contribution in [3.8, 4) is 0 Å². The molecule has 4 aliphatic rings. The number of ketones is 2. The number of cyclic esters (lactones) is 1. The zero-order valence-electron chi connectivity index (χ0n) is 43.5. The van der Waals surface area contributed by atoms with Crippen molar-refractivity contribution in [3.05, 3.63) is 53.8 Å². The number of Topliss-reactive ketones (excluding diaryl/α,β-unsaturated/α-hetero) is 2. The van der Waals surface area contributed by atoms with E-state index in [1.165, 1.54) is 15.8 Å². The van der Waals surface area contributed by atoms with Gasteiger partial charge in [0.05, 0.1) is 36.6 Å². The number of aromatic nitrogens is 1. The third-order valence-corrected chi connectivity index (χ3v) is 15.8. The van der Waals surface area contributed by atoms with Gasteiger partial charge in [-0.1, -0.05) is 45.4 Å². The van der Waals surface area contributed by atoms with Crippen LogP contribution < -0.4 is 4.90 Å². The first-order chi connectivity index (χ1) is 32.7. The van der Waals surface area contributed by atoms with Crippen LogP contribution in [0.15, 0.2) is 53.8 Å². The molecule has 1 aliphatic carbocycles. The number of esters is 1. The molecule has 2 N–H and O–H groups in total. The van der Waals surface area contributed by atoms with Crippen molar-refractivity contribution < 1.29 is 53.1 Å². The maximum Gasteiger partial charge on any atom is 0.329 e. The number of piperidine rings is 1. The van der Waals surface area contributed by atoms with Crippen molar-refractivity contribution in [2.75, 3.05) is 32.7 Å². The van der Waals surface area contributed by atoms with Crippen LogP contribution in [0.25, 0.3) is 10.9 Å². The van der Waals surface area contributed by atoms with Gasteiger partial charge in [-0.15, -0.1) is 0 Å². The minimum absolute atomic E-state index is 0.0124. The normalized spacial score (nSPS) is 36.1. The van der Waals surface area contributed by atoms with Gasteiger partial charge in [-0.25, -0.2) is 4.79 Å². The molecule has 2 bridgehead atoms. The van der Waals surface area contributed by atoms with E-state index in [2.05, 4.69) is 73.8 Å². The molecular weight excluding hydrogens is 879 g/mol. The summed E-state index contributed by atoms with van der Waals surface area (Å²) in [6, 6.07) is 7.64. The number of allylic oxidation sites excluding steroid dienone is 3. The lowest BCUT2D eigenvalue weighted by atomic mass is 9.80. The molecule has 69 heavy (non-hydrogen) atoms. The summed E-state index contributed by atoms with van der Waals surface area (Å²) in [5.41, 5.74) is 4.01. The first-order valence-corrected chi connectivity index (χ1v) is 25.7. The molecule has 14 unspecified atom stereocenters. The lowest BCUT2D eigenvalue weighted by molar-refractivity contribution is -0.302. The molecule has 384 valence electrons. The van der Waals surface area contributed by atoms with E-state index in [0.717, 1.165) is 29.7 Å². The van der Waals surface area contributed by atoms with Crippen molar-refractivity contribution in [1.82, 2.24) is 9.47 Å². The molecule has 14 nitrogen and oxygen atoms in total. The standard InChI is InChI=1S/C55H83N3O11/c1-13-39-25-33(4)24-34(5)26-48(65-11)51-49(66-12)28-36(7)55(64,69-51)52(61)53(62)58-22-15-14-16-44(58)54(63)68-50(37(8)45(59)31-46(39)60)35(6)27-38-17-19-43(47(29-38)67-32(2)3)57(10)41-18-20-42-40(30-41)21-23-56(42)9/h18,20-21,23,25,27,30,32,34,36-39,43-45,47-51,59,64H,13-17,19,22,24,26,28-29,31H2,1-12H3/b33-25+,35-27?. The highest BCUT2D eigenvalue weighted by Gasteiger charge is 2.56. The zero-order valence-corrected chi connectivity index (χ0v) is 43.5. The second kappa shape index (κ2) is 23.5. The van der Waals surface area contributed by atoms with E-state index in [0.29, 0.717) is 38.5 Å². The van der Waals surface area contributed by atoms with E-state index >= 15 is 0 Å². The highest BCUT2D eigenvalue weighted by atomic mass is 16.7. The summed E-state index contributed by atoms with van der Waals surface area (Å²) in [5, 5.41) is 25.3. The molecule has 0 radical (unpaired) electrons. The Balaban J connectivity index is 1.33. The van der Waals surface area contributed by atoms with Crippen LogP contribution in [0, 0.1) is 29.6 Å². The smallest absolute Gasteiger partial charge is 0.329 e. The Bertz CT molecular complexity index is 2170. The third kappa shape index (κ3) is 12.4. The minimum Gasteiger partial charge on any atom is -0.456 e. The van der Waals surface area contributed by atoms with E-state index in [1.54, 1.807) is 28.1 Å². The number of rotatable bonds is 9. The molecule has 0 spiro atoms. The molecule has 1 saturated carbocycles. The summed E-state index contributed by atoms with van der Waals surface area (Å²) in [4.78, 5) is 61.2. The number of hydrogen-bond donors (Lipinski definition) is 2. The number of aliphatic hydroxyl groups excluding tert-OH is 1. The lowest BCUT2D eigenvalue weighted by Crippen LogP contribution is -2.64. The summed E-state index contributed by atoms with van der Waals surface area (Å²) < 4.78 is 33.4. The van der Waals surface area contributed by atoms with Crippen molar-refractivity contribution in [1.29, 1.82) is 0 Å². The highest BCUT2D eigenvalue weighted by molar-refractivity contribution is 6.39. The van der Waals surface area contributed by atoms with E-state index in [9.17, 15) is 29.4 Å². The van der Waals surface area contributed by atoms with Crippen LogP contribution in [0.1, 0.15) is 126 Å². The van der Waals surface area contributed by atoms with Gasteiger partial charge in [0.15, 0.2) is 0 Å². The van der Waals surface area contributed by atoms with Crippen LogP contribution in [-0.4, -0.2) is 132 Å². The van der Waals surface area contributed by atoms with Crippen LogP contribution >= 0.6 is 0 Å². The molecule has 14 atom stereocenters.